The molecular formula is C16H28N4O. The molecule has 0 atom stereocenters. The zero-order valence-corrected chi connectivity index (χ0v) is 13.3. The van der Waals surface area contributed by atoms with E-state index in [1.54, 1.807) is 0 Å². The van der Waals surface area contributed by atoms with Crippen molar-refractivity contribution < 1.29 is 4.74 Å². The van der Waals surface area contributed by atoms with Gasteiger partial charge in [0.2, 0.25) is 0 Å². The molecule has 0 bridgehead atoms. The van der Waals surface area contributed by atoms with Gasteiger partial charge in [0.1, 0.15) is 11.6 Å². The van der Waals surface area contributed by atoms with Gasteiger partial charge in [-0.25, -0.2) is 9.97 Å². The molecule has 2 rings (SSSR count). The van der Waals surface area contributed by atoms with Crippen LogP contribution >= 0.6 is 0 Å². The number of nitrogens with one attached hydrogen (secondary N) is 1. The lowest BCUT2D eigenvalue weighted by Gasteiger charge is -2.26. The molecule has 3 N–H and O–H groups in total. The van der Waals surface area contributed by atoms with E-state index in [2.05, 4.69) is 22.2 Å². The Bertz CT molecular complexity index is 430. The van der Waals surface area contributed by atoms with Gasteiger partial charge < -0.3 is 15.8 Å². The molecular weight excluding hydrogens is 264 g/mol. The Balaban J connectivity index is 1.62. The van der Waals surface area contributed by atoms with Gasteiger partial charge in [-0.3, -0.25) is 0 Å². The van der Waals surface area contributed by atoms with Gasteiger partial charge in [-0.15, -0.1) is 0 Å². The molecule has 1 fully saturated rings. The molecule has 1 aliphatic rings. The molecule has 0 spiro atoms. The van der Waals surface area contributed by atoms with Gasteiger partial charge in [-0.1, -0.05) is 6.92 Å². The van der Waals surface area contributed by atoms with Crippen LogP contribution in [0.1, 0.15) is 50.5 Å². The molecule has 1 saturated carbocycles. The molecule has 1 aliphatic carbocycles. The molecule has 21 heavy (non-hydrogen) atoms. The fourth-order valence-corrected chi connectivity index (χ4v) is 2.70. The van der Waals surface area contributed by atoms with Gasteiger partial charge in [0, 0.05) is 31.0 Å². The molecule has 5 nitrogen and oxygen atoms in total. The van der Waals surface area contributed by atoms with Crippen molar-refractivity contribution in [3.63, 3.8) is 0 Å². The molecule has 118 valence electrons. The third-order valence-electron chi connectivity index (χ3n) is 3.95. The van der Waals surface area contributed by atoms with Crippen molar-refractivity contribution in [3.05, 3.63) is 17.6 Å². The Hall–Kier alpha value is -1.20. The zero-order chi connectivity index (χ0) is 15.1. The Morgan fingerprint density at radius 2 is 2.05 bits per heavy atom. The normalized spacial score (nSPS) is 22.2. The van der Waals surface area contributed by atoms with Crippen LogP contribution in [0, 0.1) is 6.92 Å². The van der Waals surface area contributed by atoms with Crippen LogP contribution in [0.3, 0.4) is 0 Å². The van der Waals surface area contributed by atoms with Gasteiger partial charge in [0.15, 0.2) is 0 Å². The van der Waals surface area contributed by atoms with Crippen LogP contribution in [-0.2, 0) is 11.2 Å². The highest BCUT2D eigenvalue weighted by atomic mass is 16.5. The molecule has 1 aromatic heterocycles. The highest BCUT2D eigenvalue weighted by Crippen LogP contribution is 2.19. The number of ether oxygens (including phenoxy) is 1. The lowest BCUT2D eigenvalue weighted by molar-refractivity contribution is 0.0251. The molecule has 1 aromatic rings. The second kappa shape index (κ2) is 8.29. The molecule has 0 saturated heterocycles. The van der Waals surface area contributed by atoms with Crippen LogP contribution in [0.15, 0.2) is 6.07 Å². The van der Waals surface area contributed by atoms with Crippen LogP contribution in [0.25, 0.3) is 0 Å². The maximum atomic E-state index is 5.91. The summed E-state index contributed by atoms with van der Waals surface area (Å²) in [7, 11) is 0. The van der Waals surface area contributed by atoms with Crippen LogP contribution in [0.5, 0.6) is 0 Å². The van der Waals surface area contributed by atoms with E-state index in [0.717, 1.165) is 69.0 Å². The van der Waals surface area contributed by atoms with Crippen molar-refractivity contribution in [2.45, 2.75) is 64.5 Å². The first-order chi connectivity index (χ1) is 10.2. The van der Waals surface area contributed by atoms with Gasteiger partial charge in [0.05, 0.1) is 6.10 Å². The molecule has 5 heteroatoms. The molecule has 0 radical (unpaired) electrons. The van der Waals surface area contributed by atoms with Crippen molar-refractivity contribution in [3.8, 4) is 0 Å². The summed E-state index contributed by atoms with van der Waals surface area (Å²) >= 11 is 0. The lowest BCUT2D eigenvalue weighted by atomic mass is 9.94. The topological polar surface area (TPSA) is 73.1 Å². The fourth-order valence-electron chi connectivity index (χ4n) is 2.70. The summed E-state index contributed by atoms with van der Waals surface area (Å²) < 4.78 is 5.91. The summed E-state index contributed by atoms with van der Waals surface area (Å²) in [6.45, 7) is 5.72. The molecule has 0 unspecified atom stereocenters. The monoisotopic (exact) mass is 292 g/mol. The first kappa shape index (κ1) is 16.2. The summed E-state index contributed by atoms with van der Waals surface area (Å²) in [6.07, 6.45) is 6.76. The summed E-state index contributed by atoms with van der Waals surface area (Å²) in [5.74, 6) is 1.75. The van der Waals surface area contributed by atoms with Crippen LogP contribution in [-0.4, -0.2) is 35.3 Å². The standard InChI is InChI=1S/C16H28N4O/c1-3-14-11-16(20-12(2)19-14)18-9-4-10-21-15-7-5-13(17)6-8-15/h11,13,15H,3-10,17H2,1-2H3,(H,18,19,20). The number of aryl methyl sites for hydroxylation is 2. The Labute approximate surface area is 127 Å². The van der Waals surface area contributed by atoms with Gasteiger partial charge in [-0.2, -0.15) is 0 Å². The third-order valence-corrected chi connectivity index (χ3v) is 3.95. The second-order valence-electron chi connectivity index (χ2n) is 5.83. The highest BCUT2D eigenvalue weighted by molar-refractivity contribution is 5.35. The Kier molecular flexibility index (Phi) is 6.39. The van der Waals surface area contributed by atoms with E-state index in [9.17, 15) is 0 Å². The van der Waals surface area contributed by atoms with E-state index in [-0.39, 0.29) is 0 Å². The second-order valence-corrected chi connectivity index (χ2v) is 5.83. The average molecular weight is 292 g/mol. The molecule has 1 heterocycles. The minimum atomic E-state index is 0.389. The van der Waals surface area contributed by atoms with E-state index < -0.39 is 0 Å². The van der Waals surface area contributed by atoms with Gasteiger partial charge in [-0.05, 0) is 45.4 Å². The molecule has 0 aromatic carbocycles. The van der Waals surface area contributed by atoms with Crippen molar-refractivity contribution in [1.82, 2.24) is 9.97 Å². The SMILES string of the molecule is CCc1cc(NCCCOC2CCC(N)CC2)nc(C)n1. The molecule has 0 aliphatic heterocycles. The highest BCUT2D eigenvalue weighted by Gasteiger charge is 2.18. The smallest absolute Gasteiger partial charge is 0.129 e. The van der Waals surface area contributed by atoms with E-state index in [4.69, 9.17) is 10.5 Å². The first-order valence-corrected chi connectivity index (χ1v) is 8.13. The van der Waals surface area contributed by atoms with Crippen molar-refractivity contribution >= 4 is 5.82 Å². The number of nitrogens with zero attached hydrogens (tertiary/aromatic N) is 2. The van der Waals surface area contributed by atoms with Crippen molar-refractivity contribution in [2.75, 3.05) is 18.5 Å². The van der Waals surface area contributed by atoms with E-state index in [1.165, 1.54) is 0 Å². The number of rotatable bonds is 7. The predicted molar refractivity (Wildman–Crippen MR) is 85.4 cm³/mol. The maximum Gasteiger partial charge on any atom is 0.129 e. The minimum Gasteiger partial charge on any atom is -0.378 e. The number of nitrogens with two attached hydrogens (primary N) is 1. The largest absolute Gasteiger partial charge is 0.378 e. The van der Waals surface area contributed by atoms with Crippen LogP contribution in [0.2, 0.25) is 0 Å². The summed E-state index contributed by atoms with van der Waals surface area (Å²) in [5.41, 5.74) is 6.98. The van der Waals surface area contributed by atoms with E-state index in [1.807, 2.05) is 13.0 Å². The fraction of sp³-hybridized carbons (Fsp3) is 0.750. The van der Waals surface area contributed by atoms with E-state index >= 15 is 0 Å². The van der Waals surface area contributed by atoms with Gasteiger partial charge >= 0.3 is 0 Å². The Morgan fingerprint density at radius 1 is 1.29 bits per heavy atom. The quantitative estimate of drug-likeness (QED) is 0.755. The first-order valence-electron chi connectivity index (χ1n) is 8.13. The predicted octanol–water partition coefficient (Wildman–Crippen LogP) is 2.44. The lowest BCUT2D eigenvalue weighted by Crippen LogP contribution is -2.30. The van der Waals surface area contributed by atoms with Crippen LogP contribution in [0.4, 0.5) is 5.82 Å². The third kappa shape index (κ3) is 5.59. The number of aromatic nitrogens is 2. The zero-order valence-electron chi connectivity index (χ0n) is 13.3. The number of hydrogen-bond donors (Lipinski definition) is 2. The maximum absolute atomic E-state index is 5.91. The Morgan fingerprint density at radius 3 is 2.76 bits per heavy atom. The number of hydrogen-bond acceptors (Lipinski definition) is 5. The summed E-state index contributed by atoms with van der Waals surface area (Å²) in [6, 6.07) is 2.41. The minimum absolute atomic E-state index is 0.389. The number of anilines is 1. The van der Waals surface area contributed by atoms with Gasteiger partial charge in [0.25, 0.3) is 0 Å². The van der Waals surface area contributed by atoms with Crippen molar-refractivity contribution in [2.24, 2.45) is 5.73 Å². The molecule has 0 amide bonds. The summed E-state index contributed by atoms with van der Waals surface area (Å²) in [4.78, 5) is 8.78. The van der Waals surface area contributed by atoms with E-state index in [0.29, 0.717) is 12.1 Å². The average Bonchev–Trinajstić information content (AvgIpc) is 2.48. The van der Waals surface area contributed by atoms with Crippen molar-refractivity contribution in [1.29, 1.82) is 0 Å². The summed E-state index contributed by atoms with van der Waals surface area (Å²) in [5, 5.41) is 3.35. The van der Waals surface area contributed by atoms with Crippen LogP contribution < -0.4 is 11.1 Å².